The maximum Gasteiger partial charge on any atom is 0.488 e. The average molecular weight is 382 g/mol. The summed E-state index contributed by atoms with van der Waals surface area (Å²) in [5.41, 5.74) is 1.41. The van der Waals surface area contributed by atoms with Crippen LogP contribution in [0.2, 0.25) is 0 Å². The predicted molar refractivity (Wildman–Crippen MR) is 89.6 cm³/mol. The van der Waals surface area contributed by atoms with Gasteiger partial charge in [0.1, 0.15) is 0 Å². The van der Waals surface area contributed by atoms with E-state index in [0.717, 1.165) is 17.8 Å². The molecule has 1 N–H and O–H groups in total. The summed E-state index contributed by atoms with van der Waals surface area (Å²) >= 11 is 0. The second kappa shape index (κ2) is 8.39. The average Bonchev–Trinajstić information content (AvgIpc) is 2.58. The topological polar surface area (TPSA) is 112 Å². The van der Waals surface area contributed by atoms with E-state index >= 15 is 0 Å². The highest BCUT2D eigenvalue weighted by Gasteiger charge is 2.11. The minimum Gasteiger partial charge on any atom is -0.465 e. The molecule has 2 rings (SSSR count). The number of hydrogen-bond acceptors (Lipinski definition) is 7. The number of carbonyl (C=O) groups excluding carboxylic acids is 2. The Hall–Kier alpha value is -3.01. The van der Waals surface area contributed by atoms with Crippen LogP contribution in [-0.2, 0) is 26.5 Å². The fourth-order valence-corrected chi connectivity index (χ4v) is 2.38. The largest absolute Gasteiger partial charge is 0.488 e. The first kappa shape index (κ1) is 19.3. The van der Waals surface area contributed by atoms with Crippen LogP contribution in [0.1, 0.15) is 22.3 Å². The molecule has 2 aromatic rings. The molecule has 1 aromatic heterocycles. The SMILES string of the molecule is COC(=O)c1ccc(CCC(=O)Nc2cncc(OS(=O)(=O)F)c2)cc1. The fourth-order valence-electron chi connectivity index (χ4n) is 2.05. The number of amides is 1. The molecular weight excluding hydrogens is 367 g/mol. The predicted octanol–water partition coefficient (Wildman–Crippen LogP) is 2.03. The summed E-state index contributed by atoms with van der Waals surface area (Å²) in [5, 5.41) is 2.50. The molecule has 0 saturated carbocycles. The summed E-state index contributed by atoms with van der Waals surface area (Å²) < 4.78 is 42.0. The number of anilines is 1. The second-order valence-electron chi connectivity index (χ2n) is 5.12. The van der Waals surface area contributed by atoms with Gasteiger partial charge in [-0.05, 0) is 24.1 Å². The van der Waals surface area contributed by atoms with Gasteiger partial charge in [-0.25, -0.2) is 4.79 Å². The van der Waals surface area contributed by atoms with Gasteiger partial charge in [-0.3, -0.25) is 9.78 Å². The standard InChI is InChI=1S/C16H15FN2O6S/c1-24-16(21)12-5-2-11(3-6-12)4-7-15(20)19-13-8-14(10-18-9-13)25-26(17,22)23/h2-3,5-6,8-10H,4,7H2,1H3,(H,19,20). The molecule has 0 spiro atoms. The van der Waals surface area contributed by atoms with Crippen LogP contribution < -0.4 is 9.50 Å². The Morgan fingerprint density at radius 3 is 2.50 bits per heavy atom. The Morgan fingerprint density at radius 1 is 1.19 bits per heavy atom. The van der Waals surface area contributed by atoms with Crippen molar-refractivity contribution in [3.05, 3.63) is 53.9 Å². The molecular formula is C16H15FN2O6S. The molecule has 10 heteroatoms. The molecule has 0 bridgehead atoms. The van der Waals surface area contributed by atoms with E-state index in [0.29, 0.717) is 12.0 Å². The molecule has 0 aliphatic heterocycles. The zero-order valence-electron chi connectivity index (χ0n) is 13.6. The highest BCUT2D eigenvalue weighted by Crippen LogP contribution is 2.18. The molecule has 0 radical (unpaired) electrons. The first-order valence-electron chi connectivity index (χ1n) is 7.33. The number of methoxy groups -OCH3 is 1. The summed E-state index contributed by atoms with van der Waals surface area (Å²) in [5.74, 6) is -1.16. The maximum atomic E-state index is 12.5. The van der Waals surface area contributed by atoms with E-state index in [4.69, 9.17) is 0 Å². The first-order valence-corrected chi connectivity index (χ1v) is 8.64. The molecule has 1 heterocycles. The van der Waals surface area contributed by atoms with Crippen molar-refractivity contribution >= 4 is 28.1 Å². The molecule has 26 heavy (non-hydrogen) atoms. The van der Waals surface area contributed by atoms with Gasteiger partial charge in [-0.1, -0.05) is 16.0 Å². The number of hydrogen-bond donors (Lipinski definition) is 1. The number of benzene rings is 1. The molecule has 0 unspecified atom stereocenters. The Labute approximate surface area is 149 Å². The minimum absolute atomic E-state index is 0.129. The van der Waals surface area contributed by atoms with Gasteiger partial charge in [0.2, 0.25) is 5.91 Å². The highest BCUT2D eigenvalue weighted by atomic mass is 32.3. The number of ether oxygens (including phenoxy) is 1. The molecule has 0 aliphatic rings. The normalized spacial score (nSPS) is 10.8. The number of carbonyl (C=O) groups is 2. The number of rotatable bonds is 7. The van der Waals surface area contributed by atoms with E-state index in [9.17, 15) is 21.9 Å². The van der Waals surface area contributed by atoms with Crippen LogP contribution in [0.15, 0.2) is 42.7 Å². The van der Waals surface area contributed by atoms with Crippen LogP contribution in [0, 0.1) is 0 Å². The number of pyridine rings is 1. The van der Waals surface area contributed by atoms with Gasteiger partial charge in [-0.2, -0.15) is 8.42 Å². The molecule has 0 aliphatic carbocycles. The lowest BCUT2D eigenvalue weighted by molar-refractivity contribution is -0.116. The smallest absolute Gasteiger partial charge is 0.465 e. The van der Waals surface area contributed by atoms with Crippen molar-refractivity contribution in [3.63, 3.8) is 0 Å². The first-order chi connectivity index (χ1) is 12.3. The van der Waals surface area contributed by atoms with Crippen molar-refractivity contribution in [3.8, 4) is 5.75 Å². The fraction of sp³-hybridized carbons (Fsp3) is 0.188. The van der Waals surface area contributed by atoms with Crippen LogP contribution in [-0.4, -0.2) is 32.4 Å². The van der Waals surface area contributed by atoms with E-state index in [1.54, 1.807) is 24.3 Å². The summed E-state index contributed by atoms with van der Waals surface area (Å²) in [6, 6.07) is 7.75. The number of aromatic nitrogens is 1. The van der Waals surface area contributed by atoms with Crippen LogP contribution in [0.25, 0.3) is 0 Å². The van der Waals surface area contributed by atoms with E-state index in [1.165, 1.54) is 13.3 Å². The quantitative estimate of drug-likeness (QED) is 0.576. The Kier molecular flexibility index (Phi) is 6.23. The number of aryl methyl sites for hydroxylation is 1. The Morgan fingerprint density at radius 2 is 1.88 bits per heavy atom. The van der Waals surface area contributed by atoms with Gasteiger partial charge in [0.05, 0.1) is 30.8 Å². The number of esters is 1. The summed E-state index contributed by atoms with van der Waals surface area (Å²) in [7, 11) is -3.88. The van der Waals surface area contributed by atoms with E-state index < -0.39 is 16.5 Å². The number of nitrogens with zero attached hydrogens (tertiary/aromatic N) is 1. The van der Waals surface area contributed by atoms with E-state index in [2.05, 4.69) is 19.2 Å². The maximum absolute atomic E-state index is 12.5. The van der Waals surface area contributed by atoms with Gasteiger partial charge in [-0.15, -0.1) is 0 Å². The highest BCUT2D eigenvalue weighted by molar-refractivity contribution is 7.81. The second-order valence-corrected chi connectivity index (χ2v) is 6.08. The van der Waals surface area contributed by atoms with Gasteiger partial charge in [0.25, 0.3) is 0 Å². The van der Waals surface area contributed by atoms with Gasteiger partial charge >= 0.3 is 16.5 Å². The molecule has 1 amide bonds. The van der Waals surface area contributed by atoms with Crippen molar-refractivity contribution in [2.75, 3.05) is 12.4 Å². The Balaban J connectivity index is 1.91. The van der Waals surface area contributed by atoms with Gasteiger partial charge in [0, 0.05) is 12.5 Å². The number of nitrogens with one attached hydrogen (secondary N) is 1. The van der Waals surface area contributed by atoms with Crippen LogP contribution in [0.3, 0.4) is 0 Å². The van der Waals surface area contributed by atoms with Crippen molar-refractivity contribution in [2.45, 2.75) is 12.8 Å². The minimum atomic E-state index is -5.17. The van der Waals surface area contributed by atoms with Crippen molar-refractivity contribution in [2.24, 2.45) is 0 Å². The van der Waals surface area contributed by atoms with Crippen molar-refractivity contribution in [1.29, 1.82) is 0 Å². The monoisotopic (exact) mass is 382 g/mol. The summed E-state index contributed by atoms with van der Waals surface area (Å²) in [6.07, 6.45) is 2.80. The van der Waals surface area contributed by atoms with Gasteiger partial charge in [0.15, 0.2) is 5.75 Å². The third kappa shape index (κ3) is 6.13. The van der Waals surface area contributed by atoms with Crippen molar-refractivity contribution in [1.82, 2.24) is 4.98 Å². The van der Waals surface area contributed by atoms with Crippen molar-refractivity contribution < 1.29 is 30.8 Å². The lowest BCUT2D eigenvalue weighted by atomic mass is 10.1. The molecule has 1 aromatic carbocycles. The van der Waals surface area contributed by atoms with E-state index in [-0.39, 0.29) is 23.8 Å². The van der Waals surface area contributed by atoms with E-state index in [1.807, 2.05) is 0 Å². The summed E-state index contributed by atoms with van der Waals surface area (Å²) in [4.78, 5) is 27.0. The lowest BCUT2D eigenvalue weighted by Crippen LogP contribution is -2.13. The third-order valence-corrected chi connectivity index (χ3v) is 3.60. The number of halogens is 1. The van der Waals surface area contributed by atoms with Crippen LogP contribution in [0.5, 0.6) is 5.75 Å². The third-order valence-electron chi connectivity index (χ3n) is 3.21. The lowest BCUT2D eigenvalue weighted by Gasteiger charge is -2.07. The molecule has 0 saturated heterocycles. The zero-order chi connectivity index (χ0) is 19.2. The zero-order valence-corrected chi connectivity index (χ0v) is 14.5. The van der Waals surface area contributed by atoms with Crippen LogP contribution in [0.4, 0.5) is 9.57 Å². The van der Waals surface area contributed by atoms with Crippen LogP contribution >= 0.6 is 0 Å². The molecule has 0 fully saturated rings. The Bertz CT molecular complexity index is 899. The summed E-state index contributed by atoms with van der Waals surface area (Å²) in [6.45, 7) is 0. The molecule has 138 valence electrons. The molecule has 8 nitrogen and oxygen atoms in total. The molecule has 0 atom stereocenters. The van der Waals surface area contributed by atoms with Gasteiger partial charge < -0.3 is 14.2 Å².